The molecule has 0 bridgehead atoms. The third-order valence-electron chi connectivity index (χ3n) is 9.66. The molecule has 55 heavy (non-hydrogen) atoms. The summed E-state index contributed by atoms with van der Waals surface area (Å²) in [5, 5.41) is 20.8. The van der Waals surface area contributed by atoms with Crippen molar-refractivity contribution in [3.63, 3.8) is 0 Å². The van der Waals surface area contributed by atoms with Crippen LogP contribution in [-0.4, -0.2) is 20.4 Å². The van der Waals surface area contributed by atoms with Crippen molar-refractivity contribution in [2.24, 2.45) is 10.2 Å². The minimum atomic E-state index is -0.739. The van der Waals surface area contributed by atoms with Crippen LogP contribution in [-0.2, 0) is 4.74 Å². The Morgan fingerprint density at radius 1 is 0.345 bits per heavy atom. The third-order valence-corrected chi connectivity index (χ3v) is 13.7. The van der Waals surface area contributed by atoms with Crippen LogP contribution < -0.4 is 10.0 Å². The van der Waals surface area contributed by atoms with Crippen molar-refractivity contribution < 1.29 is 4.74 Å². The number of rotatable bonds is 6. The Morgan fingerprint density at radius 3 is 1.11 bits per heavy atom. The van der Waals surface area contributed by atoms with E-state index in [0.29, 0.717) is 10.5 Å². The molecule has 0 aromatic heterocycles. The standard InChI is InChI=1S/C48H34N4OS2/c1-5-23-37(24-6-1)51-45(43-33-17-21-35-19-13-15-31-41(35)43)54(39-27-9-3-10-28-39)47(49-51)53-48-50-52(38-25-7-2-8-26-38)46(55(48)40-29-11-4-12-30-40)44-34-18-22-36-20-14-16-32-42(36)44/h1-34H. The SMILES string of the molecule is c1ccc(N2N=C(OC3=NN(c4ccccc4)C(c4cccc5ccccc45)=S3c3ccccc3)S(c3ccccc3)=C2c2cccc3ccccc23)cc1. The normalized spacial score (nSPS) is 16.8. The Labute approximate surface area is 324 Å². The first-order valence-corrected chi connectivity index (χ1v) is 20.6. The largest absolute Gasteiger partial charge is 0.406 e. The molecule has 5 nitrogen and oxygen atoms in total. The van der Waals surface area contributed by atoms with E-state index in [1.165, 1.54) is 10.8 Å². The maximum absolute atomic E-state index is 7.34. The lowest BCUT2D eigenvalue weighted by molar-refractivity contribution is 0.572. The lowest BCUT2D eigenvalue weighted by Gasteiger charge is -2.21. The Balaban J connectivity index is 1.24. The summed E-state index contributed by atoms with van der Waals surface area (Å²) in [5.41, 5.74) is 4.14. The van der Waals surface area contributed by atoms with Crippen LogP contribution in [0.1, 0.15) is 11.1 Å². The third kappa shape index (κ3) is 6.04. The molecular weight excluding hydrogens is 713 g/mol. The Hall–Kier alpha value is -6.54. The van der Waals surface area contributed by atoms with Crippen LogP contribution >= 0.6 is 21.0 Å². The summed E-state index contributed by atoms with van der Waals surface area (Å²) in [6.07, 6.45) is 0. The zero-order valence-corrected chi connectivity index (χ0v) is 31.3. The van der Waals surface area contributed by atoms with E-state index in [9.17, 15) is 0 Å². The fraction of sp³-hybridized carbons (Fsp3) is 0. The van der Waals surface area contributed by atoms with E-state index in [4.69, 9.17) is 14.9 Å². The summed E-state index contributed by atoms with van der Waals surface area (Å²) in [6.45, 7) is 0. The van der Waals surface area contributed by atoms with Crippen LogP contribution in [0.5, 0.6) is 0 Å². The maximum Gasteiger partial charge on any atom is 0.276 e. The predicted octanol–water partition coefficient (Wildman–Crippen LogP) is 11.9. The molecule has 0 radical (unpaired) electrons. The van der Waals surface area contributed by atoms with E-state index in [-0.39, 0.29) is 0 Å². The molecule has 0 fully saturated rings. The number of anilines is 2. The van der Waals surface area contributed by atoms with Crippen LogP contribution in [0.3, 0.4) is 0 Å². The number of hydrogen-bond donors (Lipinski definition) is 0. The molecule has 8 aromatic carbocycles. The van der Waals surface area contributed by atoms with Gasteiger partial charge in [-0.1, -0.05) is 158 Å². The number of hydrogen-bond acceptors (Lipinski definition) is 5. The van der Waals surface area contributed by atoms with Gasteiger partial charge in [0.2, 0.25) is 0 Å². The lowest BCUT2D eigenvalue weighted by Crippen LogP contribution is -2.23. The minimum absolute atomic E-state index is 0.595. The molecule has 2 aliphatic heterocycles. The van der Waals surface area contributed by atoms with Gasteiger partial charge in [-0.15, -0.1) is 10.2 Å². The second-order valence-electron chi connectivity index (χ2n) is 13.0. The van der Waals surface area contributed by atoms with Gasteiger partial charge in [0.1, 0.15) is 9.98 Å². The molecule has 0 amide bonds. The summed E-state index contributed by atoms with van der Waals surface area (Å²) in [4.78, 5) is 4.33. The smallest absolute Gasteiger partial charge is 0.276 e. The number of benzene rings is 8. The van der Waals surface area contributed by atoms with Crippen molar-refractivity contribution in [1.29, 1.82) is 0 Å². The molecule has 8 aromatic rings. The molecule has 0 N–H and O–H groups in total. The Bertz CT molecular complexity index is 2630. The first kappa shape index (κ1) is 33.1. The zero-order chi connectivity index (χ0) is 36.6. The van der Waals surface area contributed by atoms with Gasteiger partial charge in [-0.05, 0) is 91.0 Å². The molecule has 0 aliphatic carbocycles. The van der Waals surface area contributed by atoms with E-state index in [0.717, 1.165) is 53.0 Å². The zero-order valence-electron chi connectivity index (χ0n) is 29.6. The fourth-order valence-corrected chi connectivity index (χ4v) is 11.3. The van der Waals surface area contributed by atoms with E-state index in [1.54, 1.807) is 0 Å². The average molecular weight is 747 g/mol. The molecule has 10 rings (SSSR count). The molecule has 264 valence electrons. The first-order chi connectivity index (χ1) is 27.3. The summed E-state index contributed by atoms with van der Waals surface area (Å²) < 4.78 is 7.34. The quantitative estimate of drug-likeness (QED) is 0.159. The maximum atomic E-state index is 7.34. The molecule has 0 saturated carbocycles. The van der Waals surface area contributed by atoms with Crippen LogP contribution in [0.2, 0.25) is 0 Å². The van der Waals surface area contributed by atoms with Crippen LogP contribution in [0.25, 0.3) is 21.5 Å². The number of nitrogens with zero attached hydrogens (tertiary/aromatic N) is 4. The van der Waals surface area contributed by atoms with Crippen LogP contribution in [0.4, 0.5) is 11.4 Å². The number of fused-ring (bicyclic) bond motifs is 2. The van der Waals surface area contributed by atoms with Crippen molar-refractivity contribution in [2.75, 3.05) is 10.0 Å². The molecule has 0 spiro atoms. The van der Waals surface area contributed by atoms with Gasteiger partial charge in [0.25, 0.3) is 10.5 Å². The fourth-order valence-electron chi connectivity index (χ4n) is 7.17. The monoisotopic (exact) mass is 746 g/mol. The Kier molecular flexibility index (Phi) is 8.63. The molecular formula is C48H34N4OS2. The molecule has 7 heteroatoms. The van der Waals surface area contributed by atoms with Gasteiger partial charge in [0.15, 0.2) is 0 Å². The van der Waals surface area contributed by atoms with Crippen molar-refractivity contribution in [3.8, 4) is 0 Å². The van der Waals surface area contributed by atoms with Gasteiger partial charge in [0, 0.05) is 20.9 Å². The van der Waals surface area contributed by atoms with Gasteiger partial charge in [-0.25, -0.2) is 10.0 Å². The molecule has 0 saturated heterocycles. The highest BCUT2D eigenvalue weighted by atomic mass is 32.2. The predicted molar refractivity (Wildman–Crippen MR) is 235 cm³/mol. The molecule has 2 heterocycles. The highest BCUT2D eigenvalue weighted by Gasteiger charge is 2.37. The summed E-state index contributed by atoms with van der Waals surface area (Å²) in [6, 6.07) is 72.1. The van der Waals surface area contributed by atoms with Crippen molar-refractivity contribution >= 4 is 74.3 Å². The van der Waals surface area contributed by atoms with Gasteiger partial charge < -0.3 is 4.74 Å². The second-order valence-corrected chi connectivity index (χ2v) is 16.7. The lowest BCUT2D eigenvalue weighted by atomic mass is 10.0. The summed E-state index contributed by atoms with van der Waals surface area (Å²) >= 11 is 0. The summed E-state index contributed by atoms with van der Waals surface area (Å²) in [5.74, 6) is 0. The molecule has 2 unspecified atom stereocenters. The van der Waals surface area contributed by atoms with Gasteiger partial charge in [-0.2, -0.15) is 0 Å². The average Bonchev–Trinajstić information content (AvgIpc) is 3.83. The van der Waals surface area contributed by atoms with Crippen molar-refractivity contribution in [2.45, 2.75) is 9.79 Å². The van der Waals surface area contributed by atoms with Gasteiger partial charge >= 0.3 is 0 Å². The highest BCUT2D eigenvalue weighted by molar-refractivity contribution is 8.30. The Morgan fingerprint density at radius 2 is 0.691 bits per heavy atom. The van der Waals surface area contributed by atoms with E-state index < -0.39 is 21.0 Å². The molecule has 2 atom stereocenters. The first-order valence-electron chi connectivity index (χ1n) is 18.2. The number of para-hydroxylation sites is 2. The van der Waals surface area contributed by atoms with E-state index in [2.05, 4.69) is 204 Å². The van der Waals surface area contributed by atoms with Gasteiger partial charge in [-0.3, -0.25) is 0 Å². The van der Waals surface area contributed by atoms with Crippen LogP contribution in [0.15, 0.2) is 226 Å². The summed E-state index contributed by atoms with van der Waals surface area (Å²) in [7, 11) is -1.48. The second kappa shape index (κ2) is 14.4. The number of hydrazone groups is 2. The van der Waals surface area contributed by atoms with E-state index >= 15 is 0 Å². The van der Waals surface area contributed by atoms with Crippen molar-refractivity contribution in [3.05, 3.63) is 217 Å². The van der Waals surface area contributed by atoms with Crippen LogP contribution in [0, 0.1) is 0 Å². The minimum Gasteiger partial charge on any atom is -0.406 e. The highest BCUT2D eigenvalue weighted by Crippen LogP contribution is 2.46. The van der Waals surface area contributed by atoms with Crippen molar-refractivity contribution in [1.82, 2.24) is 0 Å². The topological polar surface area (TPSA) is 40.4 Å². The number of ether oxygens (including phenoxy) is 1. The van der Waals surface area contributed by atoms with E-state index in [1.807, 2.05) is 12.1 Å². The molecule has 2 aliphatic rings. The van der Waals surface area contributed by atoms with Gasteiger partial charge in [0.05, 0.1) is 11.4 Å².